The van der Waals surface area contributed by atoms with Crippen LogP contribution in [0.2, 0.25) is 5.02 Å². The maximum Gasteiger partial charge on any atom is 0.416 e. The molecule has 4 nitrogen and oxygen atoms in total. The largest absolute Gasteiger partial charge is 0.416 e. The average Bonchev–Trinajstić information content (AvgIpc) is 3.51. The highest BCUT2D eigenvalue weighted by atomic mass is 35.5. The summed E-state index contributed by atoms with van der Waals surface area (Å²) < 4.78 is 38.9. The van der Waals surface area contributed by atoms with Crippen LogP contribution in [-0.4, -0.2) is 42.0 Å². The predicted octanol–water partition coefficient (Wildman–Crippen LogP) is 4.91. The third-order valence-electron chi connectivity index (χ3n) is 6.23. The molecule has 0 N–H and O–H groups in total. The Balaban J connectivity index is 1.37. The maximum absolute atomic E-state index is 13.0. The van der Waals surface area contributed by atoms with Gasteiger partial charge in [-0.1, -0.05) is 17.7 Å². The van der Waals surface area contributed by atoms with Crippen LogP contribution in [0.3, 0.4) is 0 Å². The lowest BCUT2D eigenvalue weighted by Crippen LogP contribution is -2.49. The van der Waals surface area contributed by atoms with Crippen LogP contribution in [0.15, 0.2) is 30.5 Å². The number of benzene rings is 1. The number of carbonyl (C=O) groups excluding carboxylic acids is 1. The fourth-order valence-corrected chi connectivity index (χ4v) is 4.67. The number of rotatable bonds is 3. The van der Waals surface area contributed by atoms with E-state index in [0.29, 0.717) is 25.1 Å². The zero-order valence-electron chi connectivity index (χ0n) is 16.8. The van der Waals surface area contributed by atoms with Gasteiger partial charge in [0.1, 0.15) is 0 Å². The summed E-state index contributed by atoms with van der Waals surface area (Å²) >= 11 is 6.21. The van der Waals surface area contributed by atoms with E-state index in [9.17, 15) is 18.0 Å². The number of hydrogen-bond donors (Lipinski definition) is 0. The third kappa shape index (κ3) is 3.91. The molecule has 1 saturated carbocycles. The van der Waals surface area contributed by atoms with Crippen LogP contribution in [0.1, 0.15) is 35.2 Å². The molecular formula is C23H21ClF3N3O. The molecule has 2 heterocycles. The first-order chi connectivity index (χ1) is 14.8. The molecule has 5 rings (SSSR count). The smallest absolute Gasteiger partial charge is 0.367 e. The maximum atomic E-state index is 13.0. The first-order valence-corrected chi connectivity index (χ1v) is 10.8. The van der Waals surface area contributed by atoms with Gasteiger partial charge in [0.15, 0.2) is 0 Å². The van der Waals surface area contributed by atoms with Crippen molar-refractivity contribution in [1.29, 1.82) is 0 Å². The number of hydrogen-bond acceptors (Lipinski definition) is 3. The molecule has 2 fully saturated rings. The number of allylic oxidation sites excluding steroid dienone is 1. The molecule has 0 unspecified atom stereocenters. The molecule has 1 aromatic heterocycles. The molecule has 3 aliphatic rings. The molecule has 31 heavy (non-hydrogen) atoms. The first kappa shape index (κ1) is 20.4. The molecular weight excluding hydrogens is 427 g/mol. The van der Waals surface area contributed by atoms with Crippen LogP contribution in [-0.2, 0) is 17.4 Å². The van der Waals surface area contributed by atoms with Crippen LogP contribution >= 0.6 is 11.6 Å². The molecule has 0 spiro atoms. The van der Waals surface area contributed by atoms with Gasteiger partial charge in [0.05, 0.1) is 11.3 Å². The van der Waals surface area contributed by atoms with Crippen molar-refractivity contribution in [2.75, 3.05) is 31.1 Å². The number of amides is 1. The van der Waals surface area contributed by atoms with Gasteiger partial charge < -0.3 is 9.80 Å². The summed E-state index contributed by atoms with van der Waals surface area (Å²) in [4.78, 5) is 21.0. The number of aromatic nitrogens is 1. The van der Waals surface area contributed by atoms with Gasteiger partial charge >= 0.3 is 6.18 Å². The molecule has 0 atom stereocenters. The minimum absolute atomic E-state index is 0.0858. The van der Waals surface area contributed by atoms with Crippen molar-refractivity contribution in [2.24, 2.45) is 5.92 Å². The topological polar surface area (TPSA) is 36.4 Å². The number of fused-ring (bicyclic) bond motifs is 1. The molecule has 1 amide bonds. The van der Waals surface area contributed by atoms with Gasteiger partial charge in [-0.2, -0.15) is 13.2 Å². The minimum Gasteiger partial charge on any atom is -0.367 e. The number of halogens is 4. The third-order valence-corrected chi connectivity index (χ3v) is 6.54. The number of pyridine rings is 1. The van der Waals surface area contributed by atoms with Crippen molar-refractivity contribution < 1.29 is 18.0 Å². The van der Waals surface area contributed by atoms with Gasteiger partial charge in [0, 0.05) is 61.0 Å². The Kier molecular flexibility index (Phi) is 4.96. The Morgan fingerprint density at radius 3 is 2.48 bits per heavy atom. The molecule has 2 aromatic rings. The van der Waals surface area contributed by atoms with Gasteiger partial charge in [0.25, 0.3) is 0 Å². The van der Waals surface area contributed by atoms with E-state index < -0.39 is 11.7 Å². The van der Waals surface area contributed by atoms with Gasteiger partial charge in [-0.3, -0.25) is 9.78 Å². The Morgan fingerprint density at radius 2 is 1.84 bits per heavy atom. The highest BCUT2D eigenvalue weighted by Gasteiger charge is 2.35. The highest BCUT2D eigenvalue weighted by molar-refractivity contribution is 6.32. The van der Waals surface area contributed by atoms with Crippen molar-refractivity contribution in [3.05, 3.63) is 57.9 Å². The molecule has 162 valence electrons. The van der Waals surface area contributed by atoms with Gasteiger partial charge in [-0.15, -0.1) is 0 Å². The summed E-state index contributed by atoms with van der Waals surface area (Å²) in [6.45, 7) is 2.90. The van der Waals surface area contributed by atoms with Gasteiger partial charge in [-0.05, 0) is 48.3 Å². The van der Waals surface area contributed by atoms with Crippen LogP contribution in [0, 0.1) is 5.92 Å². The lowest BCUT2D eigenvalue weighted by Gasteiger charge is -2.37. The van der Waals surface area contributed by atoms with Crippen molar-refractivity contribution in [3.63, 3.8) is 0 Å². The zero-order valence-corrected chi connectivity index (χ0v) is 17.5. The summed E-state index contributed by atoms with van der Waals surface area (Å²) in [5, 5.41) is 0.0858. The number of anilines is 1. The van der Waals surface area contributed by atoms with E-state index in [1.807, 2.05) is 17.0 Å². The summed E-state index contributed by atoms with van der Waals surface area (Å²) in [5.41, 5.74) is 3.61. The van der Waals surface area contributed by atoms with Crippen molar-refractivity contribution in [3.8, 4) is 0 Å². The van der Waals surface area contributed by atoms with Crippen molar-refractivity contribution in [1.82, 2.24) is 9.88 Å². The molecule has 8 heteroatoms. The van der Waals surface area contributed by atoms with Crippen LogP contribution in [0.5, 0.6) is 0 Å². The lowest BCUT2D eigenvalue weighted by atomic mass is 10.0. The van der Waals surface area contributed by atoms with Crippen LogP contribution < -0.4 is 4.90 Å². The highest BCUT2D eigenvalue weighted by Crippen LogP contribution is 2.40. The second-order valence-corrected chi connectivity index (χ2v) is 8.72. The second kappa shape index (κ2) is 7.55. The first-order valence-electron chi connectivity index (χ1n) is 10.4. The van der Waals surface area contributed by atoms with Crippen molar-refractivity contribution in [2.45, 2.75) is 25.4 Å². The molecule has 0 radical (unpaired) electrons. The Hall–Kier alpha value is -2.54. The lowest BCUT2D eigenvalue weighted by molar-refractivity contribution is -0.137. The minimum atomic E-state index is -4.42. The number of nitrogens with zero attached hydrogens (tertiary/aromatic N) is 3. The zero-order chi connectivity index (χ0) is 21.8. The Morgan fingerprint density at radius 1 is 1.10 bits per heavy atom. The molecule has 0 bridgehead atoms. The summed E-state index contributed by atoms with van der Waals surface area (Å²) in [5.74, 6) is 0.509. The monoisotopic (exact) mass is 447 g/mol. The van der Waals surface area contributed by atoms with Crippen LogP contribution in [0.4, 0.5) is 18.9 Å². The molecule has 2 aliphatic carbocycles. The van der Waals surface area contributed by atoms with E-state index >= 15 is 0 Å². The van der Waals surface area contributed by atoms with E-state index in [-0.39, 0.29) is 16.8 Å². The average molecular weight is 448 g/mol. The SMILES string of the molecule is O=C(C1CC1)N1CCN(c2ccnc3c2C=C(c2ccc(C(F)(F)F)cc2Cl)C3)CC1. The molecule has 1 aromatic carbocycles. The predicted molar refractivity (Wildman–Crippen MR) is 114 cm³/mol. The second-order valence-electron chi connectivity index (χ2n) is 8.32. The number of alkyl halides is 3. The summed E-state index contributed by atoms with van der Waals surface area (Å²) in [6.07, 6.45) is 1.87. The molecule has 1 aliphatic heterocycles. The number of piperazine rings is 1. The van der Waals surface area contributed by atoms with Crippen LogP contribution in [0.25, 0.3) is 11.6 Å². The van der Waals surface area contributed by atoms with E-state index in [1.165, 1.54) is 6.07 Å². The quantitative estimate of drug-likeness (QED) is 0.671. The van der Waals surface area contributed by atoms with Gasteiger partial charge in [0.2, 0.25) is 5.91 Å². The standard InChI is InChI=1S/C23H21ClF3N3O/c24-19-13-16(23(25,26)27)3-4-17(19)15-11-18-20(12-15)28-6-5-21(18)29-7-9-30(10-8-29)22(31)14-1-2-14/h3-6,11,13-14H,1-2,7-10,12H2. The van der Waals surface area contributed by atoms with E-state index in [2.05, 4.69) is 9.88 Å². The fourth-order valence-electron chi connectivity index (χ4n) is 4.37. The fraction of sp³-hybridized carbons (Fsp3) is 0.391. The normalized spacial score (nSPS) is 18.8. The van der Waals surface area contributed by atoms with E-state index in [4.69, 9.17) is 11.6 Å². The van der Waals surface area contributed by atoms with Gasteiger partial charge in [-0.25, -0.2) is 0 Å². The Labute approximate surface area is 183 Å². The van der Waals surface area contributed by atoms with E-state index in [0.717, 1.165) is 60.6 Å². The molecule has 1 saturated heterocycles. The summed E-state index contributed by atoms with van der Waals surface area (Å²) in [7, 11) is 0. The van der Waals surface area contributed by atoms with Crippen molar-refractivity contribution >= 4 is 34.8 Å². The summed E-state index contributed by atoms with van der Waals surface area (Å²) in [6, 6.07) is 5.44. The Bertz CT molecular complexity index is 1070. The van der Waals surface area contributed by atoms with E-state index in [1.54, 1.807) is 6.20 Å². The number of carbonyl (C=O) groups is 1.